The van der Waals surface area contributed by atoms with Gasteiger partial charge in [-0.1, -0.05) is 61.0 Å². The molecule has 1 N–H and O–H groups in total. The summed E-state index contributed by atoms with van der Waals surface area (Å²) in [6, 6.07) is 21.2. The van der Waals surface area contributed by atoms with E-state index in [-0.39, 0.29) is 29.7 Å². The number of carbonyl (C=O) groups is 2. The van der Waals surface area contributed by atoms with Gasteiger partial charge in [-0.05, 0) is 42.5 Å². The van der Waals surface area contributed by atoms with E-state index in [0.29, 0.717) is 29.7 Å². The van der Waals surface area contributed by atoms with Crippen molar-refractivity contribution in [1.82, 2.24) is 0 Å². The highest BCUT2D eigenvalue weighted by Gasteiger charge is 2.41. The van der Waals surface area contributed by atoms with Crippen LogP contribution in [0.2, 0.25) is 0 Å². The van der Waals surface area contributed by atoms with E-state index in [9.17, 15) is 19.7 Å². The van der Waals surface area contributed by atoms with Gasteiger partial charge < -0.3 is 5.32 Å². The molecule has 36 heavy (non-hydrogen) atoms. The van der Waals surface area contributed by atoms with Crippen LogP contribution in [-0.2, 0) is 9.59 Å². The first-order valence-electron chi connectivity index (χ1n) is 12.1. The molecule has 3 aromatic carbocycles. The molecule has 1 aliphatic heterocycles. The first kappa shape index (κ1) is 23.5. The molecule has 7 heteroatoms. The summed E-state index contributed by atoms with van der Waals surface area (Å²) in [7, 11) is 0. The van der Waals surface area contributed by atoms with Gasteiger partial charge in [-0.15, -0.1) is 0 Å². The summed E-state index contributed by atoms with van der Waals surface area (Å²) in [4.78, 5) is 40.0. The summed E-state index contributed by atoms with van der Waals surface area (Å²) in [6.07, 6.45) is 1.13. The number of allylic oxidation sites excluding steroid dienone is 1. The van der Waals surface area contributed by atoms with Crippen LogP contribution < -0.4 is 10.2 Å². The number of nitrogens with zero attached hydrogens (tertiary/aromatic N) is 2. The van der Waals surface area contributed by atoms with Gasteiger partial charge in [0.1, 0.15) is 0 Å². The first-order valence-corrected chi connectivity index (χ1v) is 12.1. The molecule has 0 bridgehead atoms. The number of Topliss-reactive ketones (excluding diaryl/α,β-unsaturated/α-hetero) is 1. The molecule has 0 aromatic heterocycles. The van der Waals surface area contributed by atoms with Crippen LogP contribution in [0, 0.1) is 17.0 Å². The van der Waals surface area contributed by atoms with Gasteiger partial charge in [-0.3, -0.25) is 24.6 Å². The van der Waals surface area contributed by atoms with Gasteiger partial charge >= 0.3 is 0 Å². The second-order valence-electron chi connectivity index (χ2n) is 9.35. The SMILES string of the molecule is CCC(=O)N1c2ccccc2NC2=C(C(=O)C[C@H](c3ccc(C)cc3)C2)[C@H]1c1cccc([N+](=O)[O-])c1. The van der Waals surface area contributed by atoms with E-state index >= 15 is 0 Å². The zero-order chi connectivity index (χ0) is 25.4. The van der Waals surface area contributed by atoms with Crippen molar-refractivity contribution in [2.24, 2.45) is 0 Å². The number of ketones is 1. The summed E-state index contributed by atoms with van der Waals surface area (Å²) < 4.78 is 0. The maximum atomic E-state index is 13.9. The Bertz CT molecular complexity index is 1390. The van der Waals surface area contributed by atoms with Gasteiger partial charge in [0.25, 0.3) is 5.69 Å². The van der Waals surface area contributed by atoms with Crippen molar-refractivity contribution in [2.45, 2.75) is 45.1 Å². The number of nitro groups is 1. The largest absolute Gasteiger partial charge is 0.357 e. The second kappa shape index (κ2) is 9.41. The third-order valence-electron chi connectivity index (χ3n) is 7.01. The average molecular weight is 482 g/mol. The predicted octanol–water partition coefficient (Wildman–Crippen LogP) is 6.21. The Balaban J connectivity index is 1.72. The summed E-state index contributed by atoms with van der Waals surface area (Å²) in [6.45, 7) is 3.81. The third kappa shape index (κ3) is 4.17. The zero-order valence-corrected chi connectivity index (χ0v) is 20.2. The minimum absolute atomic E-state index is 0.00398. The molecule has 1 aliphatic carbocycles. The maximum absolute atomic E-state index is 13.9. The molecule has 3 aromatic rings. The minimum atomic E-state index is -0.769. The molecule has 0 fully saturated rings. The molecule has 1 heterocycles. The number of hydrogen-bond acceptors (Lipinski definition) is 5. The first-order chi connectivity index (χ1) is 17.4. The number of nitro benzene ring substituents is 1. The molecule has 1 amide bonds. The van der Waals surface area contributed by atoms with Crippen LogP contribution in [0.1, 0.15) is 54.8 Å². The minimum Gasteiger partial charge on any atom is -0.357 e. The van der Waals surface area contributed by atoms with E-state index in [4.69, 9.17) is 0 Å². The number of para-hydroxylation sites is 2. The number of anilines is 2. The highest BCUT2D eigenvalue weighted by Crippen LogP contribution is 2.47. The molecule has 5 rings (SSSR count). The Morgan fingerprint density at radius 2 is 1.78 bits per heavy atom. The van der Waals surface area contributed by atoms with Crippen molar-refractivity contribution in [3.8, 4) is 0 Å². The molecule has 2 atom stereocenters. The van der Waals surface area contributed by atoms with E-state index in [2.05, 4.69) is 17.4 Å². The molecule has 0 saturated heterocycles. The number of non-ortho nitro benzene ring substituents is 1. The van der Waals surface area contributed by atoms with Gasteiger partial charge in [0.2, 0.25) is 5.91 Å². The van der Waals surface area contributed by atoms with E-state index < -0.39 is 11.0 Å². The Morgan fingerprint density at radius 1 is 1.03 bits per heavy atom. The maximum Gasteiger partial charge on any atom is 0.269 e. The fourth-order valence-electron chi connectivity index (χ4n) is 5.23. The molecule has 0 saturated carbocycles. The summed E-state index contributed by atoms with van der Waals surface area (Å²) in [5.74, 6) is -0.230. The van der Waals surface area contributed by atoms with Crippen LogP contribution in [-0.4, -0.2) is 16.6 Å². The van der Waals surface area contributed by atoms with Crippen molar-refractivity contribution in [3.63, 3.8) is 0 Å². The summed E-state index contributed by atoms with van der Waals surface area (Å²) in [5.41, 5.74) is 5.34. The number of nitrogens with one attached hydrogen (secondary N) is 1. The van der Waals surface area contributed by atoms with Crippen molar-refractivity contribution in [1.29, 1.82) is 0 Å². The van der Waals surface area contributed by atoms with Crippen molar-refractivity contribution in [3.05, 3.63) is 111 Å². The molecular weight excluding hydrogens is 454 g/mol. The van der Waals surface area contributed by atoms with Gasteiger partial charge in [0.15, 0.2) is 5.78 Å². The van der Waals surface area contributed by atoms with Crippen molar-refractivity contribution in [2.75, 3.05) is 10.2 Å². The quantitative estimate of drug-likeness (QED) is 0.353. The summed E-state index contributed by atoms with van der Waals surface area (Å²) >= 11 is 0. The number of carbonyl (C=O) groups excluding carboxylic acids is 2. The molecule has 7 nitrogen and oxygen atoms in total. The van der Waals surface area contributed by atoms with Crippen LogP contribution in [0.25, 0.3) is 0 Å². The van der Waals surface area contributed by atoms with Gasteiger partial charge in [0, 0.05) is 36.2 Å². The lowest BCUT2D eigenvalue weighted by molar-refractivity contribution is -0.384. The van der Waals surface area contributed by atoms with Crippen LogP contribution >= 0.6 is 0 Å². The Morgan fingerprint density at radius 3 is 2.50 bits per heavy atom. The number of fused-ring (bicyclic) bond motifs is 1. The van der Waals surface area contributed by atoms with E-state index in [0.717, 1.165) is 22.5 Å². The standard InChI is InChI=1S/C29H27N3O4/c1-3-27(34)31-25-10-5-4-9-23(25)30-24-16-21(19-13-11-18(2)12-14-19)17-26(33)28(24)29(31)20-7-6-8-22(15-20)32(35)36/h4-15,21,29-30H,3,16-17H2,1-2H3/t21-,29-/m1/s1. The fourth-order valence-corrected chi connectivity index (χ4v) is 5.23. The average Bonchev–Trinajstić information content (AvgIpc) is 3.03. The molecule has 0 unspecified atom stereocenters. The highest BCUT2D eigenvalue weighted by atomic mass is 16.6. The fraction of sp³-hybridized carbons (Fsp3) is 0.241. The van der Waals surface area contributed by atoms with Gasteiger partial charge in [0.05, 0.1) is 22.3 Å². The Kier molecular flexibility index (Phi) is 6.14. The Labute approximate surface area is 209 Å². The molecule has 182 valence electrons. The van der Waals surface area contributed by atoms with E-state index in [1.807, 2.05) is 43.3 Å². The Hall–Kier alpha value is -4.26. The molecule has 0 spiro atoms. The molecule has 0 radical (unpaired) electrons. The number of rotatable bonds is 4. The van der Waals surface area contributed by atoms with Gasteiger partial charge in [-0.25, -0.2) is 0 Å². The van der Waals surface area contributed by atoms with Crippen LogP contribution in [0.3, 0.4) is 0 Å². The van der Waals surface area contributed by atoms with E-state index in [1.165, 1.54) is 12.1 Å². The zero-order valence-electron chi connectivity index (χ0n) is 20.2. The van der Waals surface area contributed by atoms with Crippen LogP contribution in [0.15, 0.2) is 84.1 Å². The lowest BCUT2D eigenvalue weighted by Gasteiger charge is -2.35. The number of hydrogen-bond donors (Lipinski definition) is 1. The summed E-state index contributed by atoms with van der Waals surface area (Å²) in [5, 5.41) is 15.1. The van der Waals surface area contributed by atoms with Crippen molar-refractivity contribution >= 4 is 28.8 Å². The number of benzene rings is 3. The lowest BCUT2D eigenvalue weighted by atomic mass is 9.78. The lowest BCUT2D eigenvalue weighted by Crippen LogP contribution is -2.38. The van der Waals surface area contributed by atoms with Gasteiger partial charge in [-0.2, -0.15) is 0 Å². The molecule has 2 aliphatic rings. The third-order valence-corrected chi connectivity index (χ3v) is 7.01. The monoisotopic (exact) mass is 481 g/mol. The van der Waals surface area contributed by atoms with Crippen LogP contribution in [0.5, 0.6) is 0 Å². The highest BCUT2D eigenvalue weighted by molar-refractivity contribution is 6.06. The second-order valence-corrected chi connectivity index (χ2v) is 9.35. The predicted molar refractivity (Wildman–Crippen MR) is 139 cm³/mol. The topological polar surface area (TPSA) is 92.6 Å². The normalized spacial score (nSPS) is 19.2. The van der Waals surface area contributed by atoms with Crippen molar-refractivity contribution < 1.29 is 14.5 Å². The van der Waals surface area contributed by atoms with E-state index in [1.54, 1.807) is 24.0 Å². The number of amides is 1. The van der Waals surface area contributed by atoms with Crippen LogP contribution in [0.4, 0.5) is 17.1 Å². The smallest absolute Gasteiger partial charge is 0.269 e. The number of aryl methyl sites for hydroxylation is 1. The molecular formula is C29H27N3O4.